The van der Waals surface area contributed by atoms with E-state index in [9.17, 15) is 8.78 Å². The van der Waals surface area contributed by atoms with E-state index in [1.54, 1.807) is 0 Å². The second-order valence-corrected chi connectivity index (χ2v) is 8.90. The largest absolute Gasteiger partial charge is 0.350 e. The Balaban J connectivity index is 0.000000696. The Morgan fingerprint density at radius 1 is 1.27 bits per heavy atom. The normalized spacial score (nSPS) is 17.7. The van der Waals surface area contributed by atoms with Crippen LogP contribution in [0.15, 0.2) is 53.5 Å². The molecule has 0 bridgehead atoms. The molecule has 5 nitrogen and oxygen atoms in total. The molecule has 1 saturated carbocycles. The highest BCUT2D eigenvalue weighted by molar-refractivity contribution is 5.83. The van der Waals surface area contributed by atoms with Crippen molar-refractivity contribution in [3.8, 4) is 0 Å². The molecule has 7 heteroatoms. The van der Waals surface area contributed by atoms with Crippen LogP contribution < -0.4 is 5.32 Å². The Morgan fingerprint density at radius 2 is 1.97 bits per heavy atom. The van der Waals surface area contributed by atoms with Crippen molar-refractivity contribution in [2.24, 2.45) is 10.9 Å². The van der Waals surface area contributed by atoms with Crippen molar-refractivity contribution in [1.82, 2.24) is 14.6 Å². The van der Waals surface area contributed by atoms with Gasteiger partial charge in [-0.1, -0.05) is 38.5 Å². The molecule has 1 fully saturated rings. The van der Waals surface area contributed by atoms with E-state index in [2.05, 4.69) is 47.7 Å². The number of aliphatic imine (C=N–C) groups is 1. The molecule has 2 heterocycles. The van der Waals surface area contributed by atoms with Crippen molar-refractivity contribution in [3.05, 3.63) is 54.0 Å². The van der Waals surface area contributed by atoms with Crippen LogP contribution in [-0.4, -0.2) is 32.8 Å². The van der Waals surface area contributed by atoms with Crippen molar-refractivity contribution >= 4 is 22.7 Å². The van der Waals surface area contributed by atoms with Crippen LogP contribution in [0.25, 0.3) is 11.1 Å². The van der Waals surface area contributed by atoms with Crippen LogP contribution in [0.5, 0.6) is 0 Å². The topological polar surface area (TPSA) is 54.6 Å². The van der Waals surface area contributed by atoms with Gasteiger partial charge in [-0.3, -0.25) is 4.99 Å². The number of nitrogens with zero attached hydrogens (tertiary/aromatic N) is 4. The van der Waals surface area contributed by atoms with Gasteiger partial charge in [0, 0.05) is 29.9 Å². The van der Waals surface area contributed by atoms with Crippen LogP contribution in [-0.2, 0) is 0 Å². The van der Waals surface area contributed by atoms with E-state index < -0.39 is 6.43 Å². The second kappa shape index (κ2) is 12.4. The minimum absolute atomic E-state index is 0.0278. The van der Waals surface area contributed by atoms with Crippen LogP contribution in [0.2, 0.25) is 0 Å². The Kier molecular flexibility index (Phi) is 9.95. The molecule has 1 aliphatic rings. The predicted molar refractivity (Wildman–Crippen MR) is 135 cm³/mol. The van der Waals surface area contributed by atoms with Crippen LogP contribution in [0.4, 0.5) is 14.7 Å². The van der Waals surface area contributed by atoms with Crippen LogP contribution in [0.3, 0.4) is 0 Å². The molecule has 0 aliphatic heterocycles. The zero-order valence-electron chi connectivity index (χ0n) is 20.7. The van der Waals surface area contributed by atoms with Gasteiger partial charge in [0.2, 0.25) is 12.4 Å². The van der Waals surface area contributed by atoms with E-state index in [1.165, 1.54) is 31.8 Å². The molecule has 2 atom stereocenters. The van der Waals surface area contributed by atoms with Gasteiger partial charge in [0.05, 0.1) is 17.4 Å². The van der Waals surface area contributed by atoms with E-state index in [0.29, 0.717) is 17.9 Å². The minimum Gasteiger partial charge on any atom is -0.350 e. The summed E-state index contributed by atoms with van der Waals surface area (Å²) in [6.07, 6.45) is 9.46. The number of hydrogen-bond donors (Lipinski definition) is 1. The quantitative estimate of drug-likeness (QED) is 0.350. The first-order valence-electron chi connectivity index (χ1n) is 11.6. The number of rotatable bonds is 7. The van der Waals surface area contributed by atoms with Gasteiger partial charge in [-0.2, -0.15) is 0 Å². The average Bonchev–Trinajstić information content (AvgIpc) is 3.36. The number of fused-ring (bicyclic) bond motifs is 1. The molecule has 3 rings (SSSR count). The standard InChI is InChI=1S/C23H31N5.C3H6F2/c1-15(2)20(25-16(3)4)11-10-17(5)19-12-13-28-22(19)14-24-23(27-28)26-21-9-7-8-18(21)6;1-2-3(4)5/h10-14,18,21H,5,7-9H2,1-4,6H3,(H,26,27);3H,2H2,1H3/b11-10-;/t18-,21?;/m0./s1. The van der Waals surface area contributed by atoms with E-state index in [-0.39, 0.29) is 6.42 Å². The molecule has 2 aromatic heterocycles. The van der Waals surface area contributed by atoms with Crippen LogP contribution in [0, 0.1) is 5.92 Å². The number of nitrogens with one attached hydrogen (secondary N) is 1. The van der Waals surface area contributed by atoms with Gasteiger partial charge >= 0.3 is 0 Å². The van der Waals surface area contributed by atoms with Crippen molar-refractivity contribution in [2.45, 2.75) is 79.7 Å². The average molecular weight is 458 g/mol. The first kappa shape index (κ1) is 26.4. The predicted octanol–water partition coefficient (Wildman–Crippen LogP) is 7.34. The van der Waals surface area contributed by atoms with E-state index in [0.717, 1.165) is 28.1 Å². The van der Waals surface area contributed by atoms with Gasteiger partial charge in [0.1, 0.15) is 0 Å². The summed E-state index contributed by atoms with van der Waals surface area (Å²) in [5, 5.41) is 8.13. The molecule has 33 heavy (non-hydrogen) atoms. The lowest BCUT2D eigenvalue weighted by atomic mass is 10.1. The van der Waals surface area contributed by atoms with Gasteiger partial charge < -0.3 is 5.32 Å². The third-order valence-electron chi connectivity index (χ3n) is 5.55. The van der Waals surface area contributed by atoms with Gasteiger partial charge in [-0.25, -0.2) is 18.3 Å². The molecule has 1 N–H and O–H groups in total. The second-order valence-electron chi connectivity index (χ2n) is 8.90. The van der Waals surface area contributed by atoms with Crippen molar-refractivity contribution < 1.29 is 8.78 Å². The zero-order valence-corrected chi connectivity index (χ0v) is 20.7. The maximum atomic E-state index is 10.8. The summed E-state index contributed by atoms with van der Waals surface area (Å²) in [5.41, 5.74) is 6.07. The van der Waals surface area contributed by atoms with Crippen molar-refractivity contribution in [3.63, 3.8) is 0 Å². The summed E-state index contributed by atoms with van der Waals surface area (Å²) in [5.74, 6) is 1.36. The number of alkyl halides is 2. The summed E-state index contributed by atoms with van der Waals surface area (Å²) in [6, 6.07) is 2.50. The third-order valence-corrected chi connectivity index (χ3v) is 5.55. The summed E-state index contributed by atoms with van der Waals surface area (Å²) in [6.45, 7) is 16.1. The first-order chi connectivity index (χ1) is 15.6. The van der Waals surface area contributed by atoms with Gasteiger partial charge in [0.25, 0.3) is 0 Å². The molecule has 1 unspecified atom stereocenters. The maximum Gasteiger partial charge on any atom is 0.241 e. The Morgan fingerprint density at radius 3 is 2.52 bits per heavy atom. The third kappa shape index (κ3) is 7.91. The zero-order chi connectivity index (χ0) is 24.5. The molecular formula is C26H37F2N5. The Bertz CT molecular complexity index is 1020. The lowest BCUT2D eigenvalue weighted by molar-refractivity contribution is 0.144. The molecule has 2 aromatic rings. The lowest BCUT2D eigenvalue weighted by Gasteiger charge is -2.16. The van der Waals surface area contributed by atoms with Crippen LogP contribution >= 0.6 is 0 Å². The van der Waals surface area contributed by atoms with E-state index in [4.69, 9.17) is 0 Å². The van der Waals surface area contributed by atoms with Crippen molar-refractivity contribution in [1.29, 1.82) is 0 Å². The first-order valence-corrected chi connectivity index (χ1v) is 11.6. The Hall–Kier alpha value is -2.83. The number of allylic oxidation sites excluding steroid dienone is 4. The monoisotopic (exact) mass is 457 g/mol. The molecule has 180 valence electrons. The van der Waals surface area contributed by atoms with Crippen LogP contribution in [0.1, 0.15) is 72.8 Å². The molecule has 0 aromatic carbocycles. The highest BCUT2D eigenvalue weighted by atomic mass is 19.3. The summed E-state index contributed by atoms with van der Waals surface area (Å²) in [4.78, 5) is 9.13. The molecule has 0 saturated heterocycles. The lowest BCUT2D eigenvalue weighted by Crippen LogP contribution is -2.23. The van der Waals surface area contributed by atoms with E-state index >= 15 is 0 Å². The van der Waals surface area contributed by atoms with Crippen molar-refractivity contribution in [2.75, 3.05) is 5.32 Å². The van der Waals surface area contributed by atoms with E-state index in [1.807, 2.05) is 49.0 Å². The van der Waals surface area contributed by atoms with Gasteiger partial charge in [-0.05, 0) is 64.2 Å². The number of aromatic nitrogens is 3. The fraction of sp³-hybridized carbons (Fsp3) is 0.500. The summed E-state index contributed by atoms with van der Waals surface area (Å²) in [7, 11) is 0. The SMILES string of the molecule is C=C(/C=C\C(N=C(C)C)=C(C)C)c1ccn2nc(NC3CCC[C@@H]3C)ncc12.CCC(F)F. The molecule has 0 spiro atoms. The maximum absolute atomic E-state index is 10.8. The highest BCUT2D eigenvalue weighted by Crippen LogP contribution is 2.27. The molecule has 0 radical (unpaired) electrons. The molecule has 0 amide bonds. The number of hydrogen-bond acceptors (Lipinski definition) is 4. The summed E-state index contributed by atoms with van der Waals surface area (Å²) < 4.78 is 23.4. The number of halogens is 2. The minimum atomic E-state index is -2.12. The molecule has 1 aliphatic carbocycles. The highest BCUT2D eigenvalue weighted by Gasteiger charge is 2.23. The summed E-state index contributed by atoms with van der Waals surface area (Å²) >= 11 is 0. The smallest absolute Gasteiger partial charge is 0.241 e. The fourth-order valence-electron chi connectivity index (χ4n) is 3.59. The fourth-order valence-corrected chi connectivity index (χ4v) is 3.59. The molecular weight excluding hydrogens is 420 g/mol. The number of anilines is 1. The van der Waals surface area contributed by atoms with Gasteiger partial charge in [0.15, 0.2) is 0 Å². The van der Waals surface area contributed by atoms with Gasteiger partial charge in [-0.15, -0.1) is 5.10 Å². The Labute approximate surface area is 196 Å².